The van der Waals surface area contributed by atoms with Gasteiger partial charge in [0, 0.05) is 25.0 Å². The third-order valence-electron chi connectivity index (χ3n) is 7.01. The van der Waals surface area contributed by atoms with Crippen LogP contribution in [0.4, 0.5) is 13.2 Å². The van der Waals surface area contributed by atoms with Gasteiger partial charge in [-0.15, -0.1) is 0 Å². The SMILES string of the molecule is COc1cncc(C2CCC(C)CN2)c1.COc1cncc(C2CCC(C)CN2C(=O)C(=O)OCC(F)(F)F)c1. The van der Waals surface area contributed by atoms with Crippen LogP contribution in [-0.2, 0) is 14.3 Å². The fourth-order valence-electron chi connectivity index (χ4n) is 4.80. The highest BCUT2D eigenvalue weighted by Gasteiger charge is 2.37. The molecule has 0 aromatic carbocycles. The summed E-state index contributed by atoms with van der Waals surface area (Å²) in [6, 6.07) is 3.74. The van der Waals surface area contributed by atoms with Crippen molar-refractivity contribution in [3.05, 3.63) is 48.0 Å². The number of alkyl halides is 3. The lowest BCUT2D eigenvalue weighted by Gasteiger charge is -2.38. The number of nitrogens with zero attached hydrogens (tertiary/aromatic N) is 3. The number of rotatable bonds is 5. The lowest BCUT2D eigenvalue weighted by Crippen LogP contribution is -2.45. The number of ether oxygens (including phenoxy) is 3. The molecule has 0 radical (unpaired) electrons. The number of hydrogen-bond acceptors (Lipinski definition) is 8. The van der Waals surface area contributed by atoms with Crippen molar-refractivity contribution in [3.8, 4) is 11.5 Å². The van der Waals surface area contributed by atoms with Gasteiger partial charge in [0.1, 0.15) is 11.5 Å². The maximum absolute atomic E-state index is 12.3. The summed E-state index contributed by atoms with van der Waals surface area (Å²) in [6.45, 7) is 3.75. The summed E-state index contributed by atoms with van der Waals surface area (Å²) in [5, 5.41) is 3.54. The molecule has 220 valence electrons. The topological polar surface area (TPSA) is 103 Å². The second kappa shape index (κ2) is 14.3. The number of carbonyl (C=O) groups is 2. The van der Waals surface area contributed by atoms with Crippen molar-refractivity contribution in [1.82, 2.24) is 20.2 Å². The van der Waals surface area contributed by atoms with Crippen molar-refractivity contribution < 1.29 is 37.0 Å². The van der Waals surface area contributed by atoms with Crippen molar-refractivity contribution >= 4 is 11.9 Å². The number of methoxy groups -OCH3 is 2. The zero-order valence-corrected chi connectivity index (χ0v) is 23.2. The Hall–Kier alpha value is -3.41. The Bertz CT molecular complexity index is 1130. The molecule has 12 heteroatoms. The van der Waals surface area contributed by atoms with Crippen LogP contribution in [0.5, 0.6) is 11.5 Å². The number of hydrogen-bond donors (Lipinski definition) is 1. The van der Waals surface area contributed by atoms with Crippen LogP contribution in [0.15, 0.2) is 36.9 Å². The van der Waals surface area contributed by atoms with Crippen LogP contribution in [0.3, 0.4) is 0 Å². The van der Waals surface area contributed by atoms with Gasteiger partial charge < -0.3 is 24.4 Å². The molecular weight excluding hydrogens is 529 g/mol. The van der Waals surface area contributed by atoms with Crippen molar-refractivity contribution in [2.45, 2.75) is 57.8 Å². The highest BCUT2D eigenvalue weighted by atomic mass is 19.4. The number of pyridine rings is 2. The molecule has 2 aromatic heterocycles. The van der Waals surface area contributed by atoms with Gasteiger partial charge in [-0.05, 0) is 67.3 Å². The largest absolute Gasteiger partial charge is 0.495 e. The van der Waals surface area contributed by atoms with E-state index in [0.29, 0.717) is 23.8 Å². The van der Waals surface area contributed by atoms with Gasteiger partial charge in [-0.3, -0.25) is 14.8 Å². The number of piperidine rings is 2. The van der Waals surface area contributed by atoms with Crippen LogP contribution >= 0.6 is 0 Å². The van der Waals surface area contributed by atoms with Gasteiger partial charge in [-0.25, -0.2) is 4.79 Å². The van der Waals surface area contributed by atoms with Gasteiger partial charge in [0.05, 0.1) is 32.7 Å². The van der Waals surface area contributed by atoms with E-state index in [0.717, 1.165) is 24.6 Å². The number of likely N-dealkylation sites (tertiary alicyclic amines) is 1. The molecule has 0 saturated carbocycles. The zero-order chi connectivity index (χ0) is 29.3. The molecule has 2 fully saturated rings. The first-order chi connectivity index (χ1) is 19.0. The second-order valence-corrected chi connectivity index (χ2v) is 10.3. The van der Waals surface area contributed by atoms with Crippen molar-refractivity contribution in [3.63, 3.8) is 0 Å². The van der Waals surface area contributed by atoms with Crippen LogP contribution in [0.25, 0.3) is 0 Å². The molecule has 1 N–H and O–H groups in total. The third-order valence-corrected chi connectivity index (χ3v) is 7.01. The Morgan fingerprint density at radius 3 is 2.10 bits per heavy atom. The number of amides is 1. The molecule has 2 aliphatic rings. The van der Waals surface area contributed by atoms with E-state index in [1.165, 1.54) is 36.6 Å². The first kappa shape index (κ1) is 31.1. The molecule has 0 spiro atoms. The quantitative estimate of drug-likeness (QED) is 0.412. The predicted molar refractivity (Wildman–Crippen MR) is 141 cm³/mol. The standard InChI is InChI=1S/C16H19F3N2O4.C12H18N2O/c1-10-3-4-13(11-5-12(24-2)7-20-6-11)21(8-10)14(22)15(23)25-9-16(17,18)19;1-9-3-4-12(14-6-9)10-5-11(15-2)8-13-7-10/h5-7,10,13H,3-4,8-9H2,1-2H3;5,7-9,12,14H,3-4,6H2,1-2H3. The predicted octanol–water partition coefficient (Wildman–Crippen LogP) is 4.65. The summed E-state index contributed by atoms with van der Waals surface area (Å²) in [5.74, 6) is -0.346. The van der Waals surface area contributed by atoms with E-state index in [1.807, 2.05) is 13.1 Å². The highest BCUT2D eigenvalue weighted by Crippen LogP contribution is 2.34. The van der Waals surface area contributed by atoms with Gasteiger partial charge in [0.15, 0.2) is 6.61 Å². The normalized spacial score (nSPS) is 22.9. The van der Waals surface area contributed by atoms with Crippen LogP contribution in [0.1, 0.15) is 62.7 Å². The maximum Gasteiger partial charge on any atom is 0.422 e. The molecule has 4 heterocycles. The molecule has 4 atom stereocenters. The summed E-state index contributed by atoms with van der Waals surface area (Å²) >= 11 is 0. The van der Waals surface area contributed by atoms with Gasteiger partial charge in [-0.2, -0.15) is 13.2 Å². The lowest BCUT2D eigenvalue weighted by atomic mass is 9.90. The van der Waals surface area contributed by atoms with Gasteiger partial charge in [0.25, 0.3) is 0 Å². The Balaban J connectivity index is 0.000000249. The van der Waals surface area contributed by atoms with Gasteiger partial charge in [-0.1, -0.05) is 13.8 Å². The monoisotopic (exact) mass is 566 g/mol. The molecule has 4 rings (SSSR count). The van der Waals surface area contributed by atoms with Crippen LogP contribution in [-0.4, -0.2) is 66.8 Å². The van der Waals surface area contributed by atoms with Crippen molar-refractivity contribution in [2.75, 3.05) is 33.9 Å². The minimum atomic E-state index is -4.68. The highest BCUT2D eigenvalue weighted by molar-refractivity contribution is 6.32. The summed E-state index contributed by atoms with van der Waals surface area (Å²) in [6.07, 6.45) is 5.89. The van der Waals surface area contributed by atoms with Crippen LogP contribution < -0.4 is 14.8 Å². The fraction of sp³-hybridized carbons (Fsp3) is 0.571. The minimum absolute atomic E-state index is 0.120. The molecule has 1 amide bonds. The number of nitrogens with one attached hydrogen (secondary N) is 1. The third kappa shape index (κ3) is 9.07. The number of carbonyl (C=O) groups excluding carboxylic acids is 2. The van der Waals surface area contributed by atoms with E-state index in [2.05, 4.69) is 33.0 Å². The molecule has 40 heavy (non-hydrogen) atoms. The fourth-order valence-corrected chi connectivity index (χ4v) is 4.80. The molecule has 2 aliphatic heterocycles. The van der Waals surface area contributed by atoms with Crippen LogP contribution in [0.2, 0.25) is 0 Å². The zero-order valence-electron chi connectivity index (χ0n) is 23.2. The first-order valence-electron chi connectivity index (χ1n) is 13.3. The molecule has 2 saturated heterocycles. The lowest BCUT2D eigenvalue weighted by molar-refractivity contribution is -0.190. The summed E-state index contributed by atoms with van der Waals surface area (Å²) in [7, 11) is 3.15. The van der Waals surface area contributed by atoms with E-state index in [4.69, 9.17) is 9.47 Å². The number of aromatic nitrogens is 2. The molecule has 0 aliphatic carbocycles. The van der Waals surface area contributed by atoms with E-state index >= 15 is 0 Å². The average molecular weight is 567 g/mol. The summed E-state index contributed by atoms with van der Waals surface area (Å²) in [5.41, 5.74) is 1.89. The first-order valence-corrected chi connectivity index (χ1v) is 13.3. The van der Waals surface area contributed by atoms with Crippen molar-refractivity contribution in [1.29, 1.82) is 0 Å². The Morgan fingerprint density at radius 2 is 1.52 bits per heavy atom. The van der Waals surface area contributed by atoms with E-state index in [9.17, 15) is 22.8 Å². The molecule has 0 bridgehead atoms. The minimum Gasteiger partial charge on any atom is -0.495 e. The van der Waals surface area contributed by atoms with E-state index in [-0.39, 0.29) is 12.5 Å². The smallest absolute Gasteiger partial charge is 0.422 e. The van der Waals surface area contributed by atoms with Crippen molar-refractivity contribution in [2.24, 2.45) is 11.8 Å². The van der Waals surface area contributed by atoms with Crippen LogP contribution in [0, 0.1) is 11.8 Å². The molecule has 9 nitrogen and oxygen atoms in total. The van der Waals surface area contributed by atoms with Gasteiger partial charge >= 0.3 is 18.1 Å². The molecular formula is C28H37F3N4O5. The molecule has 4 unspecified atom stereocenters. The number of halogens is 3. The molecule has 2 aromatic rings. The van der Waals surface area contributed by atoms with Gasteiger partial charge in [0.2, 0.25) is 0 Å². The van der Waals surface area contributed by atoms with E-state index < -0.39 is 30.7 Å². The average Bonchev–Trinajstić information content (AvgIpc) is 2.96. The summed E-state index contributed by atoms with van der Waals surface area (Å²) < 4.78 is 50.9. The Morgan fingerprint density at radius 1 is 0.925 bits per heavy atom. The van der Waals surface area contributed by atoms with E-state index in [1.54, 1.807) is 25.6 Å². The second-order valence-electron chi connectivity index (χ2n) is 10.3. The maximum atomic E-state index is 12.3. The Labute approximate surface area is 232 Å². The number of esters is 1. The summed E-state index contributed by atoms with van der Waals surface area (Å²) in [4.78, 5) is 33.5. The Kier molecular flexibility index (Phi) is 11.1.